The van der Waals surface area contributed by atoms with E-state index < -0.39 is 43.8 Å². The molecular formula is C22H33ClN5O7P. The average molecular weight is 546 g/mol. The lowest BCUT2D eigenvalue weighted by Crippen LogP contribution is -2.33. The van der Waals surface area contributed by atoms with E-state index in [4.69, 9.17) is 35.1 Å². The number of nitrogens with one attached hydrogen (secondary N) is 1. The quantitative estimate of drug-likeness (QED) is 0.355. The number of aromatic nitrogens is 4. The first kappa shape index (κ1) is 26.2. The molecule has 5 rings (SSSR count). The molecule has 14 heteroatoms. The van der Waals surface area contributed by atoms with Gasteiger partial charge in [-0.15, -0.1) is 0 Å². The largest absolute Gasteiger partial charge is 0.391 e. The van der Waals surface area contributed by atoms with Gasteiger partial charge in [0.05, 0.1) is 31.7 Å². The maximum Gasteiger partial charge on any atom is 0.226 e. The molecule has 2 N–H and O–H groups in total. The number of imidazole rings is 1. The summed E-state index contributed by atoms with van der Waals surface area (Å²) >= 11 is 6.28. The molecule has 200 valence electrons. The molecule has 1 aliphatic carbocycles. The molecule has 7 atom stereocenters. The third-order valence-corrected chi connectivity index (χ3v) is 8.23. The average Bonchev–Trinajstić information content (AvgIpc) is 3.52. The van der Waals surface area contributed by atoms with Gasteiger partial charge >= 0.3 is 0 Å². The predicted octanol–water partition coefficient (Wildman–Crippen LogP) is 3.14. The van der Waals surface area contributed by atoms with Crippen molar-refractivity contribution in [3.8, 4) is 0 Å². The van der Waals surface area contributed by atoms with Crippen molar-refractivity contribution in [1.82, 2.24) is 19.5 Å². The van der Waals surface area contributed by atoms with Gasteiger partial charge in [-0.1, -0.05) is 0 Å². The highest BCUT2D eigenvalue weighted by atomic mass is 35.5. The Morgan fingerprint density at radius 2 is 2.08 bits per heavy atom. The Balaban J connectivity index is 1.39. The van der Waals surface area contributed by atoms with E-state index in [1.807, 2.05) is 13.8 Å². The molecule has 3 aliphatic rings. The highest BCUT2D eigenvalue weighted by Crippen LogP contribution is 2.45. The summed E-state index contributed by atoms with van der Waals surface area (Å²) in [5, 5.41) is 13.6. The van der Waals surface area contributed by atoms with Crippen LogP contribution in [0.2, 0.25) is 5.28 Å². The van der Waals surface area contributed by atoms with Gasteiger partial charge in [0, 0.05) is 6.66 Å². The van der Waals surface area contributed by atoms with Crippen molar-refractivity contribution in [2.24, 2.45) is 0 Å². The van der Waals surface area contributed by atoms with E-state index in [0.29, 0.717) is 23.6 Å². The van der Waals surface area contributed by atoms with Gasteiger partial charge in [0.2, 0.25) is 12.7 Å². The summed E-state index contributed by atoms with van der Waals surface area (Å²) in [6.45, 7) is 7.53. The van der Waals surface area contributed by atoms with Crippen molar-refractivity contribution in [3.05, 3.63) is 11.6 Å². The van der Waals surface area contributed by atoms with E-state index in [-0.39, 0.29) is 24.3 Å². The second kappa shape index (κ2) is 10.1. The van der Waals surface area contributed by atoms with Crippen LogP contribution >= 0.6 is 19.0 Å². The Labute approximate surface area is 214 Å². The number of hydrogen-bond acceptors (Lipinski definition) is 11. The predicted molar refractivity (Wildman–Crippen MR) is 131 cm³/mol. The highest BCUT2D eigenvalue weighted by molar-refractivity contribution is 7.57. The van der Waals surface area contributed by atoms with E-state index in [1.54, 1.807) is 24.5 Å². The molecule has 0 bridgehead atoms. The summed E-state index contributed by atoms with van der Waals surface area (Å²) < 4.78 is 43.9. The summed E-state index contributed by atoms with van der Waals surface area (Å²) in [4.78, 5) is 13.3. The molecular weight excluding hydrogens is 513 g/mol. The molecule has 2 aliphatic heterocycles. The van der Waals surface area contributed by atoms with Gasteiger partial charge in [0.25, 0.3) is 0 Å². The van der Waals surface area contributed by atoms with Crippen LogP contribution < -0.4 is 5.32 Å². The topological polar surface area (TPSA) is 139 Å². The van der Waals surface area contributed by atoms with E-state index >= 15 is 0 Å². The van der Waals surface area contributed by atoms with Crippen molar-refractivity contribution in [1.29, 1.82) is 0 Å². The number of aliphatic hydroxyl groups excluding tert-OH is 1. The highest BCUT2D eigenvalue weighted by Gasteiger charge is 2.56. The number of anilines is 1. The van der Waals surface area contributed by atoms with Gasteiger partial charge in [-0.25, -0.2) is 4.98 Å². The Morgan fingerprint density at radius 3 is 2.81 bits per heavy atom. The van der Waals surface area contributed by atoms with Crippen LogP contribution in [0, 0.1) is 0 Å². The van der Waals surface area contributed by atoms with Gasteiger partial charge in [-0.3, -0.25) is 9.13 Å². The Bertz CT molecular complexity index is 1150. The van der Waals surface area contributed by atoms with Crippen molar-refractivity contribution >= 4 is 36.0 Å². The lowest BCUT2D eigenvalue weighted by atomic mass is 10.1. The zero-order valence-corrected chi connectivity index (χ0v) is 22.4. The zero-order chi connectivity index (χ0) is 25.7. The molecule has 0 aromatic carbocycles. The summed E-state index contributed by atoms with van der Waals surface area (Å²) in [6, 6.07) is -0.128. The zero-order valence-electron chi connectivity index (χ0n) is 20.8. The van der Waals surface area contributed by atoms with Crippen molar-refractivity contribution in [2.75, 3.05) is 31.5 Å². The minimum absolute atomic E-state index is 0.0219. The molecule has 3 fully saturated rings. The number of rotatable bonds is 9. The van der Waals surface area contributed by atoms with Crippen molar-refractivity contribution < 1.29 is 33.1 Å². The molecule has 0 amide bonds. The minimum Gasteiger partial charge on any atom is -0.391 e. The van der Waals surface area contributed by atoms with Crippen LogP contribution in [0.25, 0.3) is 11.2 Å². The van der Waals surface area contributed by atoms with Gasteiger partial charge in [0.1, 0.15) is 24.7 Å². The molecule has 2 saturated heterocycles. The van der Waals surface area contributed by atoms with Crippen molar-refractivity contribution in [3.63, 3.8) is 0 Å². The number of hydrogen-bond donors (Lipinski definition) is 2. The molecule has 1 saturated carbocycles. The second-order valence-electron chi connectivity index (χ2n) is 9.98. The summed E-state index contributed by atoms with van der Waals surface area (Å²) in [5.74, 6) is -0.363. The van der Waals surface area contributed by atoms with Gasteiger partial charge in [-0.2, -0.15) is 9.97 Å². The maximum absolute atomic E-state index is 12.4. The number of aliphatic hydroxyl groups is 1. The molecule has 36 heavy (non-hydrogen) atoms. The van der Waals surface area contributed by atoms with Crippen LogP contribution in [-0.4, -0.2) is 87.1 Å². The van der Waals surface area contributed by atoms with Gasteiger partial charge in [0.15, 0.2) is 29.0 Å². The Hall–Kier alpha value is -1.37. The molecule has 2 aromatic rings. The molecule has 4 heterocycles. The Kier molecular flexibility index (Phi) is 7.34. The van der Waals surface area contributed by atoms with Crippen LogP contribution in [0.5, 0.6) is 0 Å². The number of ether oxygens (including phenoxy) is 4. The molecule has 0 spiro atoms. The fourth-order valence-corrected chi connectivity index (χ4v) is 6.35. The van der Waals surface area contributed by atoms with E-state index in [1.165, 1.54) is 0 Å². The second-order valence-corrected chi connectivity index (χ2v) is 12.9. The normalized spacial score (nSPS) is 33.2. The number of fused-ring (bicyclic) bond motifs is 2. The number of nitrogens with zero attached hydrogens (tertiary/aromatic N) is 4. The van der Waals surface area contributed by atoms with Crippen LogP contribution in [0.3, 0.4) is 0 Å². The summed E-state index contributed by atoms with van der Waals surface area (Å²) in [5.41, 5.74) is 0.984. The van der Waals surface area contributed by atoms with E-state index in [2.05, 4.69) is 20.3 Å². The summed E-state index contributed by atoms with van der Waals surface area (Å²) in [7, 11) is -2.85. The smallest absolute Gasteiger partial charge is 0.226 e. The standard InChI is InChI=1S/C22H33ClN5O7P/c1-5-32-36(4,30)11-31-9-14-16-17(35-22(2,3)34-16)20(33-14)28-10-24-15-18(26-21(23)27-19(15)28)25-12-7-6-8-13(12)29/h10,12-14,16-17,20,29H,5-9,11H2,1-4H3,(H,25,26,27)/t12-,13+,14-,16-,17-,20-,36?/m1/s1. The van der Waals surface area contributed by atoms with Gasteiger partial charge in [-0.05, 0) is 51.6 Å². The minimum atomic E-state index is -2.85. The summed E-state index contributed by atoms with van der Waals surface area (Å²) in [6.07, 6.45) is 1.65. The third-order valence-electron chi connectivity index (χ3n) is 6.61. The van der Waals surface area contributed by atoms with Crippen LogP contribution in [-0.2, 0) is 28.0 Å². The maximum atomic E-state index is 12.4. The van der Waals surface area contributed by atoms with E-state index in [0.717, 1.165) is 19.3 Å². The molecule has 12 nitrogen and oxygen atoms in total. The van der Waals surface area contributed by atoms with Crippen LogP contribution in [0.1, 0.15) is 46.3 Å². The van der Waals surface area contributed by atoms with Crippen LogP contribution in [0.4, 0.5) is 5.82 Å². The van der Waals surface area contributed by atoms with Gasteiger partial charge < -0.3 is 33.9 Å². The fourth-order valence-electron chi connectivity index (χ4n) is 5.12. The lowest BCUT2D eigenvalue weighted by molar-refractivity contribution is -0.201. The van der Waals surface area contributed by atoms with Crippen LogP contribution in [0.15, 0.2) is 6.33 Å². The fraction of sp³-hybridized carbons (Fsp3) is 0.773. The number of halogens is 1. The monoisotopic (exact) mass is 545 g/mol. The SMILES string of the molecule is CCOP(C)(=O)COC[C@H]1O[C@@H](n2cnc3c(N[C@@H]4CCC[C@@H]4O)nc(Cl)nc32)[C@@H]2OC(C)(C)O[C@@H]21. The molecule has 1 unspecified atom stereocenters. The third kappa shape index (κ3) is 5.28. The molecule has 0 radical (unpaired) electrons. The van der Waals surface area contributed by atoms with Crippen molar-refractivity contribution in [2.45, 2.75) is 82.5 Å². The Morgan fingerprint density at radius 1 is 1.31 bits per heavy atom. The lowest BCUT2D eigenvalue weighted by Gasteiger charge is -2.25. The first-order chi connectivity index (χ1) is 17.1. The molecule has 2 aromatic heterocycles. The first-order valence-corrected chi connectivity index (χ1v) is 14.8. The first-order valence-electron chi connectivity index (χ1n) is 12.2. The van der Waals surface area contributed by atoms with E-state index in [9.17, 15) is 9.67 Å².